The van der Waals surface area contributed by atoms with Gasteiger partial charge < -0.3 is 4.42 Å². The van der Waals surface area contributed by atoms with Crippen LogP contribution in [0.2, 0.25) is 0 Å². The van der Waals surface area contributed by atoms with E-state index in [0.717, 1.165) is 32.8 Å². The molecule has 0 radical (unpaired) electrons. The second kappa shape index (κ2) is 7.96. The molecule has 0 fully saturated rings. The third kappa shape index (κ3) is 3.41. The first kappa shape index (κ1) is 19.3. The first-order chi connectivity index (χ1) is 15.8. The van der Waals surface area contributed by atoms with Gasteiger partial charge in [0.25, 0.3) is 0 Å². The molecule has 0 aliphatic heterocycles. The zero-order valence-electron chi connectivity index (χ0n) is 17.5. The van der Waals surface area contributed by atoms with Crippen molar-refractivity contribution < 1.29 is 4.42 Å². The molecular formula is C30H21BrO. The Hall–Kier alpha value is -3.36. The van der Waals surface area contributed by atoms with Gasteiger partial charge in [-0.15, -0.1) is 0 Å². The quantitative estimate of drug-likeness (QED) is 0.253. The van der Waals surface area contributed by atoms with Gasteiger partial charge in [-0.25, -0.2) is 0 Å². The molecule has 0 saturated heterocycles. The summed E-state index contributed by atoms with van der Waals surface area (Å²) in [7, 11) is 0. The highest BCUT2D eigenvalue weighted by atomic mass is 79.9. The summed E-state index contributed by atoms with van der Waals surface area (Å²) in [6.07, 6.45) is 7.96. The van der Waals surface area contributed by atoms with Gasteiger partial charge in [-0.2, -0.15) is 0 Å². The number of benzene rings is 4. The highest BCUT2D eigenvalue weighted by Gasteiger charge is 2.16. The van der Waals surface area contributed by atoms with Crippen LogP contribution in [-0.2, 0) is 0 Å². The molecule has 5 aromatic rings. The SMILES string of the molecule is Brc1cccc2oc3ccc(C4=CC(c5cccc(-c6ccccc6)c5)CC=C4)cc3c12. The Balaban J connectivity index is 1.40. The molecular weight excluding hydrogens is 456 g/mol. The van der Waals surface area contributed by atoms with Crippen LogP contribution in [0.4, 0.5) is 0 Å². The van der Waals surface area contributed by atoms with Crippen molar-refractivity contribution in [1.82, 2.24) is 0 Å². The van der Waals surface area contributed by atoms with Crippen LogP contribution >= 0.6 is 15.9 Å². The summed E-state index contributed by atoms with van der Waals surface area (Å²) < 4.78 is 7.12. The van der Waals surface area contributed by atoms with Crippen molar-refractivity contribution in [2.24, 2.45) is 0 Å². The van der Waals surface area contributed by atoms with Gasteiger partial charge in [-0.3, -0.25) is 0 Å². The average molecular weight is 477 g/mol. The fraction of sp³-hybridized carbons (Fsp3) is 0.0667. The first-order valence-electron chi connectivity index (χ1n) is 10.9. The molecule has 0 N–H and O–H groups in total. The Bertz CT molecular complexity index is 1500. The van der Waals surface area contributed by atoms with E-state index in [9.17, 15) is 0 Å². The Kier molecular flexibility index (Phi) is 4.81. The lowest BCUT2D eigenvalue weighted by molar-refractivity contribution is 0.669. The first-order valence-corrected chi connectivity index (χ1v) is 11.7. The van der Waals surface area contributed by atoms with Crippen molar-refractivity contribution in [2.45, 2.75) is 12.3 Å². The van der Waals surface area contributed by atoms with Crippen LogP contribution < -0.4 is 0 Å². The highest BCUT2D eigenvalue weighted by Crippen LogP contribution is 2.38. The summed E-state index contributed by atoms with van der Waals surface area (Å²) in [5.41, 5.74) is 8.19. The second-order valence-electron chi connectivity index (χ2n) is 8.28. The average Bonchev–Trinajstić information content (AvgIpc) is 3.24. The molecule has 0 spiro atoms. The highest BCUT2D eigenvalue weighted by molar-refractivity contribution is 9.10. The van der Waals surface area contributed by atoms with Crippen molar-refractivity contribution in [3.8, 4) is 11.1 Å². The van der Waals surface area contributed by atoms with Gasteiger partial charge in [0.1, 0.15) is 11.2 Å². The monoisotopic (exact) mass is 476 g/mol. The second-order valence-corrected chi connectivity index (χ2v) is 9.14. The molecule has 1 nitrogen and oxygen atoms in total. The van der Waals surface area contributed by atoms with E-state index in [1.165, 1.54) is 27.8 Å². The Morgan fingerprint density at radius 3 is 2.47 bits per heavy atom. The Morgan fingerprint density at radius 2 is 1.56 bits per heavy atom. The summed E-state index contributed by atoms with van der Waals surface area (Å²) in [5.74, 6) is 0.363. The van der Waals surface area contributed by atoms with Gasteiger partial charge in [0.15, 0.2) is 0 Å². The molecule has 4 aromatic carbocycles. The van der Waals surface area contributed by atoms with E-state index < -0.39 is 0 Å². The molecule has 0 amide bonds. The molecule has 32 heavy (non-hydrogen) atoms. The zero-order chi connectivity index (χ0) is 21.5. The molecule has 1 atom stereocenters. The molecule has 1 aliphatic carbocycles. The number of hydrogen-bond donors (Lipinski definition) is 0. The van der Waals surface area contributed by atoms with Gasteiger partial charge in [0, 0.05) is 21.2 Å². The van der Waals surface area contributed by atoms with Crippen LogP contribution in [0, 0.1) is 0 Å². The van der Waals surface area contributed by atoms with Gasteiger partial charge in [0.2, 0.25) is 0 Å². The maximum absolute atomic E-state index is 6.05. The predicted octanol–water partition coefficient (Wildman–Crippen LogP) is 9.14. The molecule has 2 heteroatoms. The number of furan rings is 1. The molecule has 1 aliphatic rings. The minimum Gasteiger partial charge on any atom is -0.456 e. The molecule has 0 bridgehead atoms. The number of rotatable bonds is 3. The molecule has 1 heterocycles. The topological polar surface area (TPSA) is 13.1 Å². The maximum atomic E-state index is 6.05. The van der Waals surface area contributed by atoms with Crippen LogP contribution in [0.5, 0.6) is 0 Å². The molecule has 1 unspecified atom stereocenters. The minimum absolute atomic E-state index is 0.363. The summed E-state index contributed by atoms with van der Waals surface area (Å²) in [5, 5.41) is 2.28. The van der Waals surface area contributed by atoms with Crippen LogP contribution in [-0.4, -0.2) is 0 Å². The van der Waals surface area contributed by atoms with E-state index in [-0.39, 0.29) is 0 Å². The largest absolute Gasteiger partial charge is 0.456 e. The van der Waals surface area contributed by atoms with E-state index in [1.807, 2.05) is 12.1 Å². The fourth-order valence-electron chi connectivity index (χ4n) is 4.65. The van der Waals surface area contributed by atoms with Gasteiger partial charge in [-0.05, 0) is 58.5 Å². The van der Waals surface area contributed by atoms with Crippen molar-refractivity contribution in [3.05, 3.63) is 125 Å². The summed E-state index contributed by atoms with van der Waals surface area (Å²) in [6.45, 7) is 0. The van der Waals surface area contributed by atoms with E-state index in [0.29, 0.717) is 5.92 Å². The smallest absolute Gasteiger partial charge is 0.136 e. The zero-order valence-corrected chi connectivity index (χ0v) is 19.0. The standard InChI is InChI=1S/C30H21BrO/c31-27-13-6-14-29-30(27)26-19-25(15-16-28(26)32-29)24-12-5-11-23(18-24)22-10-4-9-21(17-22)20-7-2-1-3-8-20/h1-10,12-19,23H,11H2. The number of allylic oxidation sites excluding steroid dienone is 4. The lowest BCUT2D eigenvalue weighted by Gasteiger charge is -2.18. The van der Waals surface area contributed by atoms with E-state index in [2.05, 4.69) is 113 Å². The van der Waals surface area contributed by atoms with Crippen LogP contribution in [0.1, 0.15) is 23.5 Å². The van der Waals surface area contributed by atoms with Crippen molar-refractivity contribution in [3.63, 3.8) is 0 Å². The number of fused-ring (bicyclic) bond motifs is 3. The van der Waals surface area contributed by atoms with Crippen molar-refractivity contribution in [2.75, 3.05) is 0 Å². The Morgan fingerprint density at radius 1 is 0.719 bits per heavy atom. The van der Waals surface area contributed by atoms with Gasteiger partial charge in [0.05, 0.1) is 0 Å². The van der Waals surface area contributed by atoms with Gasteiger partial charge in [-0.1, -0.05) is 101 Å². The molecule has 6 rings (SSSR count). The molecule has 154 valence electrons. The van der Waals surface area contributed by atoms with Crippen LogP contribution in [0.3, 0.4) is 0 Å². The lowest BCUT2D eigenvalue weighted by atomic mass is 9.86. The van der Waals surface area contributed by atoms with Crippen molar-refractivity contribution in [1.29, 1.82) is 0 Å². The Labute approximate surface area is 195 Å². The van der Waals surface area contributed by atoms with Gasteiger partial charge >= 0.3 is 0 Å². The summed E-state index contributed by atoms with van der Waals surface area (Å²) in [4.78, 5) is 0. The number of hydrogen-bond acceptors (Lipinski definition) is 1. The van der Waals surface area contributed by atoms with E-state index in [4.69, 9.17) is 4.42 Å². The third-order valence-corrected chi connectivity index (χ3v) is 6.93. The normalized spacial score (nSPS) is 15.9. The third-order valence-electron chi connectivity index (χ3n) is 6.27. The summed E-state index contributed by atoms with van der Waals surface area (Å²) in [6, 6.07) is 32.1. The molecule has 1 aromatic heterocycles. The van der Waals surface area contributed by atoms with Crippen molar-refractivity contribution >= 4 is 43.4 Å². The summed E-state index contributed by atoms with van der Waals surface area (Å²) >= 11 is 3.70. The fourth-order valence-corrected chi connectivity index (χ4v) is 5.21. The maximum Gasteiger partial charge on any atom is 0.136 e. The van der Waals surface area contributed by atoms with Crippen LogP contribution in [0.15, 0.2) is 118 Å². The van der Waals surface area contributed by atoms with Crippen LogP contribution in [0.25, 0.3) is 38.6 Å². The minimum atomic E-state index is 0.363. The lowest BCUT2D eigenvalue weighted by Crippen LogP contribution is -1.99. The van der Waals surface area contributed by atoms with E-state index >= 15 is 0 Å². The number of halogens is 1. The predicted molar refractivity (Wildman–Crippen MR) is 138 cm³/mol. The molecule has 0 saturated carbocycles. The van der Waals surface area contributed by atoms with E-state index in [1.54, 1.807) is 0 Å².